The molecule has 6 heteroatoms. The highest BCUT2D eigenvalue weighted by Gasteiger charge is 2.08. The number of hydrogen-bond donors (Lipinski definition) is 2. The van der Waals surface area contributed by atoms with E-state index in [0.29, 0.717) is 18.7 Å². The predicted octanol–water partition coefficient (Wildman–Crippen LogP) is 3.00. The molecule has 0 aliphatic rings. The Morgan fingerprint density at radius 1 is 1.11 bits per heavy atom. The lowest BCUT2D eigenvalue weighted by Crippen LogP contribution is -2.23. The molecule has 0 aliphatic carbocycles. The summed E-state index contributed by atoms with van der Waals surface area (Å²) in [6, 6.07) is 11.5. The molecule has 0 atom stereocenters. The summed E-state index contributed by atoms with van der Waals surface area (Å²) < 4.78 is 3.54. The van der Waals surface area contributed by atoms with Crippen LogP contribution in [0.1, 0.15) is 31.4 Å². The maximum absolute atomic E-state index is 12.3. The van der Waals surface area contributed by atoms with Crippen LogP contribution in [-0.2, 0) is 19.6 Å². The van der Waals surface area contributed by atoms with Crippen LogP contribution < -0.4 is 10.9 Å². The van der Waals surface area contributed by atoms with Crippen molar-refractivity contribution < 1.29 is 5.11 Å². The first kappa shape index (κ1) is 20.5. The standard InChI is InChI=1S/C19H22N4O2.C2H6/c24-18-17(13-20-8-4-10-22-12-9-21-15-22)7-11-23(19(18)25)14-16-5-2-1-3-6-16;1-2/h1-3,5-7,9,11-12,15,20,24H,4,8,10,13-14H2;1-2H3. The molecule has 0 spiro atoms. The summed E-state index contributed by atoms with van der Waals surface area (Å²) in [6.45, 7) is 6.60. The minimum absolute atomic E-state index is 0.180. The van der Waals surface area contributed by atoms with Crippen molar-refractivity contribution in [3.8, 4) is 5.75 Å². The van der Waals surface area contributed by atoms with E-state index in [1.165, 1.54) is 4.57 Å². The third-order valence-electron chi connectivity index (χ3n) is 4.06. The molecule has 144 valence electrons. The third-order valence-corrected chi connectivity index (χ3v) is 4.06. The van der Waals surface area contributed by atoms with Crippen LogP contribution in [0.5, 0.6) is 5.75 Å². The van der Waals surface area contributed by atoms with Gasteiger partial charge in [-0.05, 0) is 24.6 Å². The summed E-state index contributed by atoms with van der Waals surface area (Å²) in [4.78, 5) is 16.3. The van der Waals surface area contributed by atoms with Crippen LogP contribution in [0.4, 0.5) is 0 Å². The van der Waals surface area contributed by atoms with Crippen LogP contribution in [0, 0.1) is 0 Å². The smallest absolute Gasteiger partial charge is 0.293 e. The van der Waals surface area contributed by atoms with Gasteiger partial charge in [0, 0.05) is 37.2 Å². The lowest BCUT2D eigenvalue weighted by molar-refractivity contribution is 0.447. The van der Waals surface area contributed by atoms with Crippen LogP contribution in [-0.4, -0.2) is 25.8 Å². The maximum atomic E-state index is 12.3. The minimum atomic E-state index is -0.360. The highest BCUT2D eigenvalue weighted by molar-refractivity contribution is 5.29. The minimum Gasteiger partial charge on any atom is -0.503 e. The number of aromatic nitrogens is 3. The topological polar surface area (TPSA) is 72.1 Å². The fourth-order valence-electron chi connectivity index (χ4n) is 2.68. The first-order chi connectivity index (χ1) is 13.2. The molecule has 0 unspecified atom stereocenters. The van der Waals surface area contributed by atoms with Crippen LogP contribution in [0.3, 0.4) is 0 Å². The average molecular weight is 368 g/mol. The molecule has 6 nitrogen and oxygen atoms in total. The van der Waals surface area contributed by atoms with Gasteiger partial charge in [0.15, 0.2) is 5.75 Å². The first-order valence-corrected chi connectivity index (χ1v) is 9.36. The second-order valence-electron chi connectivity index (χ2n) is 5.94. The number of hydrogen-bond acceptors (Lipinski definition) is 4. The van der Waals surface area contributed by atoms with Crippen molar-refractivity contribution in [2.24, 2.45) is 0 Å². The van der Waals surface area contributed by atoms with E-state index in [4.69, 9.17) is 0 Å². The number of rotatable bonds is 8. The molecule has 3 rings (SSSR count). The van der Waals surface area contributed by atoms with Crippen LogP contribution >= 0.6 is 0 Å². The molecule has 2 aromatic heterocycles. The summed E-state index contributed by atoms with van der Waals surface area (Å²) in [5, 5.41) is 13.4. The Balaban J connectivity index is 0.00000126. The van der Waals surface area contributed by atoms with E-state index in [2.05, 4.69) is 10.3 Å². The Kier molecular flexibility index (Phi) is 8.32. The van der Waals surface area contributed by atoms with E-state index in [1.807, 2.05) is 54.9 Å². The zero-order valence-electron chi connectivity index (χ0n) is 16.0. The zero-order chi connectivity index (χ0) is 19.5. The van der Waals surface area contributed by atoms with Crippen LogP contribution in [0.2, 0.25) is 0 Å². The number of pyridine rings is 1. The molecule has 27 heavy (non-hydrogen) atoms. The highest BCUT2D eigenvalue weighted by atomic mass is 16.3. The third kappa shape index (κ3) is 6.11. The fraction of sp³-hybridized carbons (Fsp3) is 0.333. The van der Waals surface area contributed by atoms with E-state index in [9.17, 15) is 9.90 Å². The quantitative estimate of drug-likeness (QED) is 0.600. The molecule has 0 fully saturated rings. The molecular weight excluding hydrogens is 340 g/mol. The monoisotopic (exact) mass is 368 g/mol. The molecule has 0 saturated carbocycles. The summed E-state index contributed by atoms with van der Waals surface area (Å²) in [7, 11) is 0. The number of aryl methyl sites for hydroxylation is 1. The number of nitrogens with one attached hydrogen (secondary N) is 1. The van der Waals surface area contributed by atoms with Gasteiger partial charge in [-0.3, -0.25) is 4.79 Å². The van der Waals surface area contributed by atoms with Crippen molar-refractivity contribution in [2.45, 2.75) is 39.9 Å². The molecule has 0 radical (unpaired) electrons. The normalized spacial score (nSPS) is 10.3. The Morgan fingerprint density at radius 3 is 2.59 bits per heavy atom. The molecule has 1 aromatic carbocycles. The van der Waals surface area contributed by atoms with Crippen molar-refractivity contribution in [1.82, 2.24) is 19.4 Å². The Bertz CT molecular complexity index is 842. The molecule has 2 N–H and O–H groups in total. The highest BCUT2D eigenvalue weighted by Crippen LogP contribution is 2.11. The number of aromatic hydroxyl groups is 1. The van der Waals surface area contributed by atoms with Crippen molar-refractivity contribution in [3.05, 3.63) is 82.8 Å². The van der Waals surface area contributed by atoms with Gasteiger partial charge in [0.2, 0.25) is 0 Å². The van der Waals surface area contributed by atoms with E-state index in [0.717, 1.165) is 25.1 Å². The van der Waals surface area contributed by atoms with Crippen molar-refractivity contribution in [1.29, 1.82) is 0 Å². The Morgan fingerprint density at radius 2 is 1.89 bits per heavy atom. The van der Waals surface area contributed by atoms with Gasteiger partial charge in [0.05, 0.1) is 12.9 Å². The van der Waals surface area contributed by atoms with E-state index in [1.54, 1.807) is 24.8 Å². The van der Waals surface area contributed by atoms with Crippen molar-refractivity contribution in [2.75, 3.05) is 6.54 Å². The van der Waals surface area contributed by atoms with Crippen LogP contribution in [0.25, 0.3) is 0 Å². The number of nitrogens with zero attached hydrogens (tertiary/aromatic N) is 3. The zero-order valence-corrected chi connectivity index (χ0v) is 16.0. The molecular formula is C21H28N4O2. The van der Waals surface area contributed by atoms with Gasteiger partial charge >= 0.3 is 0 Å². The summed E-state index contributed by atoms with van der Waals surface area (Å²) >= 11 is 0. The van der Waals surface area contributed by atoms with E-state index < -0.39 is 0 Å². The molecule has 0 aliphatic heterocycles. The predicted molar refractivity (Wildman–Crippen MR) is 108 cm³/mol. The summed E-state index contributed by atoms with van der Waals surface area (Å²) in [5.74, 6) is -0.180. The molecule has 0 bridgehead atoms. The van der Waals surface area contributed by atoms with Gasteiger partial charge in [-0.2, -0.15) is 0 Å². The van der Waals surface area contributed by atoms with Gasteiger partial charge in [-0.25, -0.2) is 4.98 Å². The van der Waals surface area contributed by atoms with Gasteiger partial charge in [-0.15, -0.1) is 0 Å². The Labute approximate surface area is 160 Å². The van der Waals surface area contributed by atoms with Gasteiger partial charge < -0.3 is 19.6 Å². The van der Waals surface area contributed by atoms with Crippen LogP contribution in [0.15, 0.2) is 66.1 Å². The van der Waals surface area contributed by atoms with Gasteiger partial charge in [0.1, 0.15) is 0 Å². The second kappa shape index (κ2) is 11.0. The second-order valence-corrected chi connectivity index (χ2v) is 5.94. The SMILES string of the molecule is CC.O=c1c(O)c(CNCCCn2ccnc2)ccn1Cc1ccccc1. The number of benzene rings is 1. The fourth-order valence-corrected chi connectivity index (χ4v) is 2.68. The molecule has 3 aromatic rings. The number of imidazole rings is 1. The lowest BCUT2D eigenvalue weighted by Gasteiger charge is -2.10. The summed E-state index contributed by atoms with van der Waals surface area (Å²) in [5.41, 5.74) is 1.29. The van der Waals surface area contributed by atoms with Crippen molar-refractivity contribution >= 4 is 0 Å². The average Bonchev–Trinajstić information content (AvgIpc) is 3.23. The van der Waals surface area contributed by atoms with E-state index in [-0.39, 0.29) is 11.3 Å². The maximum Gasteiger partial charge on any atom is 0.293 e. The summed E-state index contributed by atoms with van der Waals surface area (Å²) in [6.07, 6.45) is 8.16. The van der Waals surface area contributed by atoms with Crippen molar-refractivity contribution in [3.63, 3.8) is 0 Å². The largest absolute Gasteiger partial charge is 0.503 e. The molecule has 0 amide bonds. The Hall–Kier alpha value is -2.86. The van der Waals surface area contributed by atoms with E-state index >= 15 is 0 Å². The van der Waals surface area contributed by atoms with Gasteiger partial charge in [0.25, 0.3) is 5.56 Å². The molecule has 0 saturated heterocycles. The van der Waals surface area contributed by atoms with Gasteiger partial charge in [-0.1, -0.05) is 44.2 Å². The molecule has 2 heterocycles. The lowest BCUT2D eigenvalue weighted by atomic mass is 10.2. The first-order valence-electron chi connectivity index (χ1n) is 9.36.